The van der Waals surface area contributed by atoms with Gasteiger partial charge in [0.1, 0.15) is 11.4 Å². The second kappa shape index (κ2) is 11.8. The van der Waals surface area contributed by atoms with Crippen molar-refractivity contribution in [3.63, 3.8) is 0 Å². The van der Waals surface area contributed by atoms with E-state index in [1.165, 1.54) is 5.56 Å². The zero-order valence-electron chi connectivity index (χ0n) is 21.7. The topological polar surface area (TPSA) is 76.5 Å². The average Bonchev–Trinajstić information content (AvgIpc) is 3.32. The van der Waals surface area contributed by atoms with Crippen molar-refractivity contribution in [3.8, 4) is 0 Å². The molecule has 0 bridgehead atoms. The maximum absolute atomic E-state index is 14.0. The van der Waals surface area contributed by atoms with Crippen LogP contribution in [-0.2, 0) is 15.1 Å². The molecule has 1 atom stereocenters. The molecule has 0 radical (unpaired) electrons. The van der Waals surface area contributed by atoms with Crippen molar-refractivity contribution in [1.29, 1.82) is 0 Å². The molecule has 3 aromatic rings. The van der Waals surface area contributed by atoms with Crippen molar-refractivity contribution in [2.75, 3.05) is 23.4 Å². The highest BCUT2D eigenvalue weighted by molar-refractivity contribution is 6.30. The molecule has 0 saturated carbocycles. The Morgan fingerprint density at radius 1 is 1.11 bits per heavy atom. The molecule has 1 amide bonds. The lowest BCUT2D eigenvalue weighted by Gasteiger charge is -2.38. The maximum atomic E-state index is 14.0. The van der Waals surface area contributed by atoms with Gasteiger partial charge in [-0.25, -0.2) is 4.68 Å². The number of fused-ring (bicyclic) bond motifs is 1. The van der Waals surface area contributed by atoms with Crippen molar-refractivity contribution < 1.29 is 14.3 Å². The molecule has 0 saturated heterocycles. The number of hydrogen-bond acceptors (Lipinski definition) is 5. The zero-order valence-corrected chi connectivity index (χ0v) is 22.5. The van der Waals surface area contributed by atoms with Gasteiger partial charge >= 0.3 is 5.97 Å². The zero-order chi connectivity index (χ0) is 26.4. The van der Waals surface area contributed by atoms with E-state index in [1.54, 1.807) is 30.2 Å². The number of anilines is 2. The SMILES string of the molecule is CCOC(=O)CCCCCN(C(=O)c1cnn2c1NC(c1ccccc1)CC2(C)C)c1ccc(Cl)cc1. The molecule has 0 fully saturated rings. The van der Waals surface area contributed by atoms with E-state index < -0.39 is 0 Å². The first-order chi connectivity index (χ1) is 17.8. The van der Waals surface area contributed by atoms with Crippen LogP contribution in [0.5, 0.6) is 0 Å². The van der Waals surface area contributed by atoms with Gasteiger partial charge in [0.05, 0.1) is 24.4 Å². The summed E-state index contributed by atoms with van der Waals surface area (Å²) in [6.45, 7) is 7.01. The number of aromatic nitrogens is 2. The highest BCUT2D eigenvalue weighted by Crippen LogP contribution is 2.40. The van der Waals surface area contributed by atoms with Crippen LogP contribution in [0.1, 0.15) is 74.8 Å². The van der Waals surface area contributed by atoms with E-state index >= 15 is 0 Å². The van der Waals surface area contributed by atoms with E-state index in [1.807, 2.05) is 35.0 Å². The van der Waals surface area contributed by atoms with Crippen molar-refractivity contribution in [1.82, 2.24) is 9.78 Å². The summed E-state index contributed by atoms with van der Waals surface area (Å²) in [6.07, 6.45) is 5.19. The van der Waals surface area contributed by atoms with E-state index in [0.29, 0.717) is 30.2 Å². The molecule has 1 aliphatic rings. The monoisotopic (exact) mass is 522 g/mol. The first kappa shape index (κ1) is 26.7. The minimum absolute atomic E-state index is 0.0683. The summed E-state index contributed by atoms with van der Waals surface area (Å²) in [5, 5.41) is 8.84. The summed E-state index contributed by atoms with van der Waals surface area (Å²) in [6, 6.07) is 17.7. The van der Waals surface area contributed by atoms with Crippen molar-refractivity contribution in [3.05, 3.63) is 76.9 Å². The smallest absolute Gasteiger partial charge is 0.305 e. The lowest BCUT2D eigenvalue weighted by molar-refractivity contribution is -0.143. The number of nitrogens with one attached hydrogen (secondary N) is 1. The third-order valence-corrected chi connectivity index (χ3v) is 6.99. The normalized spacial score (nSPS) is 15.9. The van der Waals surface area contributed by atoms with Gasteiger partial charge in [0.25, 0.3) is 5.91 Å². The van der Waals surface area contributed by atoms with Crippen LogP contribution >= 0.6 is 11.6 Å². The molecule has 0 aliphatic carbocycles. The molecule has 1 aromatic heterocycles. The van der Waals surface area contributed by atoms with Crippen LogP contribution in [0.3, 0.4) is 0 Å². The molecule has 4 rings (SSSR count). The van der Waals surface area contributed by atoms with Gasteiger partial charge in [0, 0.05) is 23.7 Å². The average molecular weight is 523 g/mol. The Labute approximate surface area is 223 Å². The number of ether oxygens (including phenoxy) is 1. The molecule has 7 nitrogen and oxygen atoms in total. The van der Waals surface area contributed by atoms with E-state index in [0.717, 1.165) is 37.2 Å². The fourth-order valence-electron chi connectivity index (χ4n) is 4.85. The summed E-state index contributed by atoms with van der Waals surface area (Å²) in [5.74, 6) is 0.434. The largest absolute Gasteiger partial charge is 0.466 e. The predicted molar refractivity (Wildman–Crippen MR) is 147 cm³/mol. The van der Waals surface area contributed by atoms with Crippen LogP contribution < -0.4 is 10.2 Å². The predicted octanol–water partition coefficient (Wildman–Crippen LogP) is 6.60. The number of unbranched alkanes of at least 4 members (excludes halogenated alkanes) is 2. The molecule has 196 valence electrons. The van der Waals surface area contributed by atoms with E-state index in [2.05, 4.69) is 36.4 Å². The van der Waals surface area contributed by atoms with Crippen molar-refractivity contribution >= 4 is 35.0 Å². The van der Waals surface area contributed by atoms with Gasteiger partial charge in [0.15, 0.2) is 0 Å². The molecular weight excluding hydrogens is 488 g/mol. The van der Waals surface area contributed by atoms with Gasteiger partial charge in [-0.1, -0.05) is 48.4 Å². The minimum Gasteiger partial charge on any atom is -0.466 e. The number of esters is 1. The Kier molecular flexibility index (Phi) is 8.54. The van der Waals surface area contributed by atoms with Crippen LogP contribution in [-0.4, -0.2) is 34.8 Å². The van der Waals surface area contributed by atoms with Crippen molar-refractivity contribution in [2.45, 2.75) is 64.5 Å². The Bertz CT molecular complexity index is 1210. The number of carbonyl (C=O) groups excluding carboxylic acids is 2. The van der Waals surface area contributed by atoms with Gasteiger partial charge in [-0.05, 0) is 69.9 Å². The second-order valence-corrected chi connectivity index (χ2v) is 10.4. The molecule has 2 heterocycles. The second-order valence-electron chi connectivity index (χ2n) is 9.99. The lowest BCUT2D eigenvalue weighted by atomic mass is 9.89. The van der Waals surface area contributed by atoms with Gasteiger partial charge in [-0.2, -0.15) is 5.10 Å². The lowest BCUT2D eigenvalue weighted by Crippen LogP contribution is -2.39. The Hall–Kier alpha value is -3.32. The molecule has 8 heteroatoms. The molecule has 0 spiro atoms. The van der Waals surface area contributed by atoms with E-state index in [-0.39, 0.29) is 23.5 Å². The third-order valence-electron chi connectivity index (χ3n) is 6.74. The standard InChI is InChI=1S/C29H35ClN4O3/c1-4-37-26(35)13-9-6-10-18-33(23-16-14-22(30)15-17-23)28(36)24-20-31-34-27(24)32-25(19-29(34,2)3)21-11-7-5-8-12-21/h5,7-8,11-12,14-17,20,25,32H,4,6,9-10,13,18-19H2,1-3H3. The number of halogens is 1. The highest BCUT2D eigenvalue weighted by atomic mass is 35.5. The number of hydrogen-bond donors (Lipinski definition) is 1. The third kappa shape index (κ3) is 6.34. The molecule has 1 unspecified atom stereocenters. The van der Waals surface area contributed by atoms with Crippen LogP contribution in [0, 0.1) is 0 Å². The first-order valence-corrected chi connectivity index (χ1v) is 13.3. The van der Waals surface area contributed by atoms with E-state index in [4.69, 9.17) is 16.3 Å². The Morgan fingerprint density at radius 3 is 2.54 bits per heavy atom. The van der Waals surface area contributed by atoms with Gasteiger partial charge in [-0.15, -0.1) is 0 Å². The number of nitrogens with zero attached hydrogens (tertiary/aromatic N) is 3. The molecular formula is C29H35ClN4O3. The Morgan fingerprint density at radius 2 is 1.84 bits per heavy atom. The van der Waals surface area contributed by atoms with E-state index in [9.17, 15) is 9.59 Å². The minimum atomic E-state index is -0.266. The van der Waals surface area contributed by atoms with Crippen molar-refractivity contribution in [2.24, 2.45) is 0 Å². The Balaban J connectivity index is 1.56. The van der Waals surface area contributed by atoms with Crippen LogP contribution in [0.4, 0.5) is 11.5 Å². The molecule has 37 heavy (non-hydrogen) atoms. The summed E-state index contributed by atoms with van der Waals surface area (Å²) in [4.78, 5) is 27.4. The maximum Gasteiger partial charge on any atom is 0.305 e. The van der Waals surface area contributed by atoms with Gasteiger partial charge in [-0.3, -0.25) is 9.59 Å². The number of carbonyl (C=O) groups is 2. The summed E-state index contributed by atoms with van der Waals surface area (Å²) < 4.78 is 6.94. The highest BCUT2D eigenvalue weighted by Gasteiger charge is 2.37. The molecule has 1 N–H and O–H groups in total. The number of benzene rings is 2. The molecule has 2 aromatic carbocycles. The van der Waals surface area contributed by atoms with Crippen LogP contribution in [0.15, 0.2) is 60.8 Å². The summed E-state index contributed by atoms with van der Waals surface area (Å²) >= 11 is 6.13. The molecule has 1 aliphatic heterocycles. The first-order valence-electron chi connectivity index (χ1n) is 12.9. The van der Waals surface area contributed by atoms with Gasteiger partial charge < -0.3 is 15.0 Å². The number of rotatable bonds is 10. The van der Waals surface area contributed by atoms with Crippen LogP contribution in [0.2, 0.25) is 5.02 Å². The summed E-state index contributed by atoms with van der Waals surface area (Å²) in [7, 11) is 0. The quantitative estimate of drug-likeness (QED) is 0.240. The van der Waals surface area contributed by atoms with Gasteiger partial charge in [0.2, 0.25) is 0 Å². The number of amides is 1. The summed E-state index contributed by atoms with van der Waals surface area (Å²) in [5.41, 5.74) is 2.22. The fourth-order valence-corrected chi connectivity index (χ4v) is 4.98. The van der Waals surface area contributed by atoms with Crippen LogP contribution in [0.25, 0.3) is 0 Å². The fraction of sp³-hybridized carbons (Fsp3) is 0.414.